The van der Waals surface area contributed by atoms with E-state index in [4.69, 9.17) is 4.74 Å². The SMILES string of the molecule is Cc1cc2c(cc1[N+](=O)[O-])CC1(C2)C(=O)N(COCCS(C)(C)C)c2ncccc21. The minimum Gasteiger partial charge on any atom is -0.360 e. The molecule has 8 heteroatoms. The molecule has 160 valence electrons. The van der Waals surface area contributed by atoms with Crippen molar-refractivity contribution in [2.75, 3.05) is 42.8 Å². The lowest BCUT2D eigenvalue weighted by molar-refractivity contribution is -0.385. The molecule has 0 saturated heterocycles. The van der Waals surface area contributed by atoms with Crippen LogP contribution in [-0.2, 0) is 27.8 Å². The molecule has 1 unspecified atom stereocenters. The number of ether oxygens (including phenoxy) is 1. The van der Waals surface area contributed by atoms with E-state index in [0.29, 0.717) is 30.8 Å². The fourth-order valence-corrected chi connectivity index (χ4v) is 5.04. The number of nitrogens with zero attached hydrogens (tertiary/aromatic N) is 3. The summed E-state index contributed by atoms with van der Waals surface area (Å²) in [5.41, 5.74) is 2.73. The fraction of sp³-hybridized carbons (Fsp3) is 0.455. The normalized spacial score (nSPS) is 20.5. The van der Waals surface area contributed by atoms with Crippen molar-refractivity contribution in [1.82, 2.24) is 4.98 Å². The summed E-state index contributed by atoms with van der Waals surface area (Å²) in [6, 6.07) is 7.29. The van der Waals surface area contributed by atoms with Crippen molar-refractivity contribution >= 4 is 27.4 Å². The van der Waals surface area contributed by atoms with Crippen LogP contribution >= 0.6 is 10.0 Å². The van der Waals surface area contributed by atoms with Gasteiger partial charge in [-0.1, -0.05) is 6.07 Å². The van der Waals surface area contributed by atoms with Crippen LogP contribution in [0, 0.1) is 17.0 Å². The van der Waals surface area contributed by atoms with Crippen LogP contribution in [0.25, 0.3) is 0 Å². The number of aromatic nitrogens is 1. The zero-order chi connectivity index (χ0) is 21.7. The standard InChI is InChI=1S/C22H27N3O4S/c1-15-10-16-12-22(13-17(16)11-19(15)25(27)28)18-6-5-7-23-20(18)24(21(22)26)14-29-8-9-30(2,3)4/h5-7,10-11H,8-9,12-14H2,1-4H3. The highest BCUT2D eigenvalue weighted by molar-refractivity contribution is 8.32. The number of rotatable bonds is 6. The third kappa shape index (κ3) is 3.48. The molecule has 2 heterocycles. The van der Waals surface area contributed by atoms with E-state index in [1.807, 2.05) is 18.2 Å². The zero-order valence-corrected chi connectivity index (χ0v) is 18.6. The van der Waals surface area contributed by atoms with Gasteiger partial charge in [-0.05, 0) is 61.8 Å². The van der Waals surface area contributed by atoms with Gasteiger partial charge in [-0.2, -0.15) is 0 Å². The molecule has 1 aliphatic carbocycles. The summed E-state index contributed by atoms with van der Waals surface area (Å²) in [5.74, 6) is 1.59. The predicted molar refractivity (Wildman–Crippen MR) is 120 cm³/mol. The minimum absolute atomic E-state index is 0.0317. The lowest BCUT2D eigenvalue weighted by Crippen LogP contribution is -2.42. The second-order valence-corrected chi connectivity index (χ2v) is 13.6. The summed E-state index contributed by atoms with van der Waals surface area (Å²) in [6.45, 7) is 2.52. The maximum Gasteiger partial charge on any atom is 0.272 e. The Morgan fingerprint density at radius 3 is 2.63 bits per heavy atom. The lowest BCUT2D eigenvalue weighted by Gasteiger charge is -2.26. The van der Waals surface area contributed by atoms with Gasteiger partial charge in [0.2, 0.25) is 5.91 Å². The summed E-state index contributed by atoms with van der Waals surface area (Å²) in [6.07, 6.45) is 9.37. The molecule has 0 saturated carbocycles. The van der Waals surface area contributed by atoms with Crippen molar-refractivity contribution < 1.29 is 14.5 Å². The van der Waals surface area contributed by atoms with Crippen LogP contribution in [0.3, 0.4) is 0 Å². The van der Waals surface area contributed by atoms with Gasteiger partial charge in [0.25, 0.3) is 5.69 Å². The van der Waals surface area contributed by atoms with E-state index in [-0.39, 0.29) is 23.2 Å². The van der Waals surface area contributed by atoms with Crippen molar-refractivity contribution in [2.24, 2.45) is 0 Å². The van der Waals surface area contributed by atoms with Gasteiger partial charge in [-0.15, -0.1) is 0 Å². The van der Waals surface area contributed by atoms with Crippen molar-refractivity contribution in [2.45, 2.75) is 25.2 Å². The predicted octanol–water partition coefficient (Wildman–Crippen LogP) is 3.35. The van der Waals surface area contributed by atoms with E-state index in [1.54, 1.807) is 24.1 Å². The molecule has 1 spiro atoms. The molecule has 0 bridgehead atoms. The van der Waals surface area contributed by atoms with Gasteiger partial charge in [0.1, 0.15) is 12.5 Å². The molecule has 0 radical (unpaired) electrons. The van der Waals surface area contributed by atoms with E-state index in [2.05, 4.69) is 23.8 Å². The van der Waals surface area contributed by atoms with Gasteiger partial charge in [0, 0.05) is 29.1 Å². The molecule has 1 aliphatic heterocycles. The molecule has 7 nitrogen and oxygen atoms in total. The fourth-order valence-electron chi connectivity index (χ4n) is 4.42. The van der Waals surface area contributed by atoms with Crippen LogP contribution in [-0.4, -0.2) is 53.7 Å². The van der Waals surface area contributed by atoms with Crippen LogP contribution in [0.2, 0.25) is 0 Å². The quantitative estimate of drug-likeness (QED) is 0.399. The number of hydrogen-bond donors (Lipinski definition) is 0. The number of hydrogen-bond acceptors (Lipinski definition) is 5. The highest BCUT2D eigenvalue weighted by Crippen LogP contribution is 2.49. The monoisotopic (exact) mass is 429 g/mol. The Kier molecular flexibility index (Phi) is 5.10. The van der Waals surface area contributed by atoms with E-state index >= 15 is 0 Å². The molecule has 4 rings (SSSR count). The average molecular weight is 430 g/mol. The molecule has 1 aromatic heterocycles. The number of anilines is 1. The Morgan fingerprint density at radius 2 is 1.97 bits per heavy atom. The summed E-state index contributed by atoms with van der Waals surface area (Å²) >= 11 is 0. The van der Waals surface area contributed by atoms with Crippen molar-refractivity contribution in [3.8, 4) is 0 Å². The van der Waals surface area contributed by atoms with Crippen LogP contribution in [0.5, 0.6) is 0 Å². The van der Waals surface area contributed by atoms with Gasteiger partial charge in [-0.3, -0.25) is 19.8 Å². The first kappa shape index (κ1) is 20.8. The molecule has 30 heavy (non-hydrogen) atoms. The number of carbonyl (C=O) groups excluding carboxylic acids is 1. The molecule has 1 aromatic carbocycles. The highest BCUT2D eigenvalue weighted by atomic mass is 32.3. The van der Waals surface area contributed by atoms with Gasteiger partial charge in [0.15, 0.2) is 0 Å². The number of nitro benzene ring substituents is 1. The average Bonchev–Trinajstić information content (AvgIpc) is 3.14. The summed E-state index contributed by atoms with van der Waals surface area (Å²) < 4.78 is 5.87. The van der Waals surface area contributed by atoms with Crippen LogP contribution < -0.4 is 4.90 Å². The molecule has 0 N–H and O–H groups in total. The number of benzene rings is 1. The molecular formula is C22H27N3O4S. The van der Waals surface area contributed by atoms with E-state index in [0.717, 1.165) is 22.4 Å². The molecule has 0 fully saturated rings. The largest absolute Gasteiger partial charge is 0.360 e. The van der Waals surface area contributed by atoms with Gasteiger partial charge in [-0.25, -0.2) is 15.0 Å². The first-order valence-electron chi connectivity index (χ1n) is 9.90. The number of nitro groups is 1. The number of fused-ring (bicyclic) bond motifs is 3. The molecule has 2 aromatic rings. The maximum atomic E-state index is 13.6. The smallest absolute Gasteiger partial charge is 0.272 e. The molecule has 1 amide bonds. The van der Waals surface area contributed by atoms with Crippen molar-refractivity contribution in [1.29, 1.82) is 0 Å². The summed E-state index contributed by atoms with van der Waals surface area (Å²) in [7, 11) is -0.667. The Morgan fingerprint density at radius 1 is 1.27 bits per heavy atom. The number of pyridine rings is 1. The Labute approximate surface area is 177 Å². The molecule has 2 aliphatic rings. The van der Waals surface area contributed by atoms with Crippen LogP contribution in [0.4, 0.5) is 11.5 Å². The van der Waals surface area contributed by atoms with E-state index in [1.165, 1.54) is 0 Å². The number of amides is 1. The van der Waals surface area contributed by atoms with Crippen LogP contribution in [0.15, 0.2) is 30.5 Å². The molecular weight excluding hydrogens is 402 g/mol. The third-order valence-corrected chi connectivity index (χ3v) is 7.36. The first-order chi connectivity index (χ1) is 14.1. The highest BCUT2D eigenvalue weighted by Gasteiger charge is 2.54. The Bertz CT molecular complexity index is 1030. The van der Waals surface area contributed by atoms with Crippen molar-refractivity contribution in [3.63, 3.8) is 0 Å². The second kappa shape index (κ2) is 7.35. The van der Waals surface area contributed by atoms with Crippen molar-refractivity contribution in [3.05, 3.63) is 62.8 Å². The van der Waals surface area contributed by atoms with E-state index in [9.17, 15) is 14.9 Å². The Balaban J connectivity index is 1.63. The lowest BCUT2D eigenvalue weighted by atomic mass is 9.79. The van der Waals surface area contributed by atoms with Gasteiger partial charge >= 0.3 is 0 Å². The first-order valence-corrected chi connectivity index (χ1v) is 12.9. The third-order valence-electron chi connectivity index (χ3n) is 5.97. The summed E-state index contributed by atoms with van der Waals surface area (Å²) in [5, 5.41) is 11.4. The second-order valence-electron chi connectivity index (χ2n) is 9.04. The zero-order valence-electron chi connectivity index (χ0n) is 17.8. The number of aryl methyl sites for hydroxylation is 1. The topological polar surface area (TPSA) is 85.6 Å². The number of carbonyl (C=O) groups is 1. The van der Waals surface area contributed by atoms with Gasteiger partial charge < -0.3 is 4.74 Å². The van der Waals surface area contributed by atoms with Gasteiger partial charge in [0.05, 0.1) is 16.9 Å². The molecule has 1 atom stereocenters. The van der Waals surface area contributed by atoms with E-state index < -0.39 is 15.4 Å². The van der Waals surface area contributed by atoms with Crippen LogP contribution in [0.1, 0.15) is 22.3 Å². The Hall–Kier alpha value is -2.45. The maximum absolute atomic E-state index is 13.6. The summed E-state index contributed by atoms with van der Waals surface area (Å²) in [4.78, 5) is 30.8. The minimum atomic E-state index is -0.758.